The highest BCUT2D eigenvalue weighted by Crippen LogP contribution is 2.15. The van der Waals surface area contributed by atoms with Crippen molar-refractivity contribution in [3.8, 4) is 0 Å². The van der Waals surface area contributed by atoms with E-state index in [0.717, 1.165) is 25.6 Å². The maximum absolute atomic E-state index is 4.73. The predicted octanol–water partition coefficient (Wildman–Crippen LogP) is 4.53. The maximum atomic E-state index is 4.73. The van der Waals surface area contributed by atoms with Crippen molar-refractivity contribution >= 4 is 41.3 Å². The summed E-state index contributed by atoms with van der Waals surface area (Å²) in [4.78, 5) is 9.94. The molecule has 148 valence electrons. The lowest BCUT2D eigenvalue weighted by Gasteiger charge is -2.14. The van der Waals surface area contributed by atoms with Crippen LogP contribution in [-0.4, -0.2) is 30.5 Å². The molecule has 1 aromatic carbocycles. The first-order chi connectivity index (χ1) is 12.7. The molecule has 4 nitrogen and oxygen atoms in total. The number of halogens is 1. The van der Waals surface area contributed by atoms with Crippen molar-refractivity contribution in [3.05, 3.63) is 57.3 Å². The Morgan fingerprint density at radius 3 is 2.37 bits per heavy atom. The molecule has 0 amide bonds. The fourth-order valence-corrected chi connectivity index (χ4v) is 4.04. The fourth-order valence-electron chi connectivity index (χ4n) is 3.21. The molecule has 0 atom stereocenters. The molecule has 2 N–H and O–H groups in total. The summed E-state index contributed by atoms with van der Waals surface area (Å²) in [6.07, 6.45) is 2.69. The summed E-state index contributed by atoms with van der Waals surface area (Å²) < 4.78 is 0. The van der Waals surface area contributed by atoms with Crippen LogP contribution in [0.25, 0.3) is 0 Å². The molecule has 1 fully saturated rings. The van der Waals surface area contributed by atoms with E-state index in [9.17, 15) is 0 Å². The summed E-state index contributed by atoms with van der Waals surface area (Å²) in [6.45, 7) is 10.2. The van der Waals surface area contributed by atoms with Gasteiger partial charge in [0.2, 0.25) is 0 Å². The second-order valence-electron chi connectivity index (χ2n) is 6.86. The SMILES string of the molecule is CCNC(=NCc1ccc(CN2CCCC2)cc1)NCc1ccc(C)s1.I. The summed E-state index contributed by atoms with van der Waals surface area (Å²) in [5.41, 5.74) is 2.65. The van der Waals surface area contributed by atoms with E-state index in [4.69, 9.17) is 4.99 Å². The Morgan fingerprint density at radius 2 is 1.74 bits per heavy atom. The van der Waals surface area contributed by atoms with Gasteiger partial charge in [-0.1, -0.05) is 24.3 Å². The van der Waals surface area contributed by atoms with Gasteiger partial charge < -0.3 is 10.6 Å². The Kier molecular flexibility index (Phi) is 9.58. The molecule has 2 aromatic rings. The Balaban J connectivity index is 0.00000261. The van der Waals surface area contributed by atoms with Crippen LogP contribution < -0.4 is 10.6 Å². The molecular weight excluding hydrogens is 467 g/mol. The minimum absolute atomic E-state index is 0. The molecule has 27 heavy (non-hydrogen) atoms. The molecule has 0 saturated carbocycles. The minimum atomic E-state index is 0. The van der Waals surface area contributed by atoms with E-state index in [1.54, 1.807) is 0 Å². The third-order valence-corrected chi connectivity index (χ3v) is 5.62. The lowest BCUT2D eigenvalue weighted by molar-refractivity contribution is 0.331. The number of nitrogens with one attached hydrogen (secondary N) is 2. The van der Waals surface area contributed by atoms with E-state index in [2.05, 4.69) is 65.8 Å². The second-order valence-corrected chi connectivity index (χ2v) is 8.23. The number of hydrogen-bond acceptors (Lipinski definition) is 3. The van der Waals surface area contributed by atoms with Crippen LogP contribution in [0.1, 0.15) is 40.6 Å². The topological polar surface area (TPSA) is 39.7 Å². The highest BCUT2D eigenvalue weighted by Gasteiger charge is 2.11. The summed E-state index contributed by atoms with van der Waals surface area (Å²) >= 11 is 1.83. The van der Waals surface area contributed by atoms with E-state index in [1.165, 1.54) is 46.8 Å². The van der Waals surface area contributed by atoms with Gasteiger partial charge in [-0.2, -0.15) is 0 Å². The van der Waals surface area contributed by atoms with Gasteiger partial charge >= 0.3 is 0 Å². The molecule has 0 aliphatic carbocycles. The molecule has 0 radical (unpaired) electrons. The van der Waals surface area contributed by atoms with E-state index in [-0.39, 0.29) is 24.0 Å². The third kappa shape index (κ3) is 7.43. The molecule has 0 unspecified atom stereocenters. The van der Waals surface area contributed by atoms with Crippen molar-refractivity contribution in [2.24, 2.45) is 4.99 Å². The van der Waals surface area contributed by atoms with E-state index >= 15 is 0 Å². The van der Waals surface area contributed by atoms with Crippen molar-refractivity contribution in [1.29, 1.82) is 0 Å². The normalized spacial score (nSPS) is 14.8. The van der Waals surface area contributed by atoms with Crippen LogP contribution in [0.15, 0.2) is 41.4 Å². The minimum Gasteiger partial charge on any atom is -0.357 e. The van der Waals surface area contributed by atoms with E-state index in [1.807, 2.05) is 11.3 Å². The largest absolute Gasteiger partial charge is 0.357 e. The van der Waals surface area contributed by atoms with Gasteiger partial charge in [-0.3, -0.25) is 4.90 Å². The molecular formula is C21H31IN4S. The van der Waals surface area contributed by atoms with Gasteiger partial charge in [-0.15, -0.1) is 35.3 Å². The Hall–Kier alpha value is -1.12. The smallest absolute Gasteiger partial charge is 0.191 e. The molecule has 1 aliphatic heterocycles. The molecule has 1 aliphatic rings. The Bertz CT molecular complexity index is 705. The van der Waals surface area contributed by atoms with Gasteiger partial charge in [0.05, 0.1) is 13.1 Å². The standard InChI is InChI=1S/C21H30N4S.HI/c1-3-22-21(24-15-20-11-6-17(2)26-20)23-14-18-7-9-19(10-8-18)16-25-12-4-5-13-25;/h6-11H,3-5,12-16H2,1-2H3,(H2,22,23,24);1H. The Labute approximate surface area is 184 Å². The van der Waals surface area contributed by atoms with Crippen molar-refractivity contribution in [3.63, 3.8) is 0 Å². The highest BCUT2D eigenvalue weighted by atomic mass is 127. The molecule has 3 rings (SSSR count). The van der Waals surface area contributed by atoms with Crippen LogP contribution >= 0.6 is 35.3 Å². The summed E-state index contributed by atoms with van der Waals surface area (Å²) in [7, 11) is 0. The van der Waals surface area contributed by atoms with Crippen LogP contribution in [0, 0.1) is 6.92 Å². The summed E-state index contributed by atoms with van der Waals surface area (Å²) in [5, 5.41) is 6.75. The zero-order chi connectivity index (χ0) is 18.2. The van der Waals surface area contributed by atoms with Gasteiger partial charge in [0.25, 0.3) is 0 Å². The first-order valence-corrected chi connectivity index (χ1v) is 10.4. The lowest BCUT2D eigenvalue weighted by atomic mass is 10.1. The molecule has 2 heterocycles. The lowest BCUT2D eigenvalue weighted by Crippen LogP contribution is -2.36. The van der Waals surface area contributed by atoms with Crippen LogP contribution in [0.5, 0.6) is 0 Å². The number of guanidine groups is 1. The number of hydrogen-bond donors (Lipinski definition) is 2. The molecule has 1 saturated heterocycles. The Morgan fingerprint density at radius 1 is 1.04 bits per heavy atom. The predicted molar refractivity (Wildman–Crippen MR) is 127 cm³/mol. The number of thiophene rings is 1. The van der Waals surface area contributed by atoms with Gasteiger partial charge in [-0.25, -0.2) is 4.99 Å². The van der Waals surface area contributed by atoms with Gasteiger partial charge in [-0.05, 0) is 63.0 Å². The number of aryl methyl sites for hydroxylation is 1. The number of rotatable bonds is 7. The second kappa shape index (κ2) is 11.7. The van der Waals surface area contributed by atoms with Crippen LogP contribution in [0.2, 0.25) is 0 Å². The summed E-state index contributed by atoms with van der Waals surface area (Å²) in [5.74, 6) is 0.875. The van der Waals surface area contributed by atoms with Crippen molar-refractivity contribution in [2.75, 3.05) is 19.6 Å². The van der Waals surface area contributed by atoms with Gasteiger partial charge in [0.15, 0.2) is 5.96 Å². The number of benzene rings is 1. The van der Waals surface area contributed by atoms with Crippen molar-refractivity contribution in [2.45, 2.75) is 46.3 Å². The molecule has 1 aromatic heterocycles. The third-order valence-electron chi connectivity index (χ3n) is 4.62. The monoisotopic (exact) mass is 498 g/mol. The number of likely N-dealkylation sites (tertiary alicyclic amines) is 1. The number of nitrogens with zero attached hydrogens (tertiary/aromatic N) is 2. The maximum Gasteiger partial charge on any atom is 0.191 e. The number of aliphatic imine (C=N–C) groups is 1. The van der Waals surface area contributed by atoms with Crippen LogP contribution in [0.4, 0.5) is 0 Å². The van der Waals surface area contributed by atoms with Crippen LogP contribution in [-0.2, 0) is 19.6 Å². The fraction of sp³-hybridized carbons (Fsp3) is 0.476. The average molecular weight is 498 g/mol. The zero-order valence-electron chi connectivity index (χ0n) is 16.3. The summed E-state index contributed by atoms with van der Waals surface area (Å²) in [6, 6.07) is 13.3. The molecule has 6 heteroatoms. The van der Waals surface area contributed by atoms with Crippen molar-refractivity contribution < 1.29 is 0 Å². The highest BCUT2D eigenvalue weighted by molar-refractivity contribution is 14.0. The van der Waals surface area contributed by atoms with E-state index in [0.29, 0.717) is 6.54 Å². The van der Waals surface area contributed by atoms with Crippen molar-refractivity contribution in [1.82, 2.24) is 15.5 Å². The molecule has 0 bridgehead atoms. The quantitative estimate of drug-likeness (QED) is 0.335. The average Bonchev–Trinajstić information content (AvgIpc) is 3.30. The van der Waals surface area contributed by atoms with Gasteiger partial charge in [0.1, 0.15) is 0 Å². The van der Waals surface area contributed by atoms with E-state index < -0.39 is 0 Å². The zero-order valence-corrected chi connectivity index (χ0v) is 19.5. The first-order valence-electron chi connectivity index (χ1n) is 9.60. The van der Waals surface area contributed by atoms with Gasteiger partial charge in [0, 0.05) is 22.8 Å². The molecule has 0 spiro atoms. The first kappa shape index (κ1) is 22.2. The van der Waals surface area contributed by atoms with Crippen LogP contribution in [0.3, 0.4) is 0 Å².